The lowest BCUT2D eigenvalue weighted by Gasteiger charge is -2.39. The molecule has 0 aromatic heterocycles. The lowest BCUT2D eigenvalue weighted by molar-refractivity contribution is -0.0910. The molecule has 136 valence electrons. The van der Waals surface area contributed by atoms with E-state index in [0.29, 0.717) is 11.7 Å². The molecule has 7 heteroatoms. The van der Waals surface area contributed by atoms with Gasteiger partial charge >= 0.3 is 0 Å². The Balaban J connectivity index is 1.73. The standard InChI is InChI=1S/C18H23NO5S/c20-10-14-15(21)16(22)17(23)18(25-14)24-13-4-2-1-3-12(13)9-11-5-7-19-8-6-11/h1-5,7-8,11,14-18,20-23H,6,9-10H2/t11?,14-,15-,16+,17-,18-/m1/s1. The van der Waals surface area contributed by atoms with Crippen LogP contribution in [0.2, 0.25) is 0 Å². The van der Waals surface area contributed by atoms with Gasteiger partial charge in [-0.2, -0.15) is 0 Å². The molecule has 1 unspecified atom stereocenters. The zero-order chi connectivity index (χ0) is 17.8. The van der Waals surface area contributed by atoms with Crippen molar-refractivity contribution >= 4 is 18.0 Å². The Kier molecular flexibility index (Phi) is 6.14. The summed E-state index contributed by atoms with van der Waals surface area (Å²) in [4.78, 5) is 4.08. The molecule has 6 nitrogen and oxygen atoms in total. The van der Waals surface area contributed by atoms with Crippen molar-refractivity contribution in [2.24, 2.45) is 10.9 Å². The Morgan fingerprint density at radius 1 is 1.12 bits per heavy atom. The number of ether oxygens (including phenoxy) is 1. The van der Waals surface area contributed by atoms with Crippen LogP contribution in [0.4, 0.5) is 0 Å². The SMILES string of the molecule is OC[C@H]1S[C@@H](Oc2ccccc2CC2C=CN=CC2)[C@H](O)[C@@H](O)[C@@H]1O. The number of nitrogens with zero attached hydrogens (tertiary/aromatic N) is 1. The second-order valence-corrected chi connectivity index (χ2v) is 7.64. The number of aliphatic hydroxyl groups excluding tert-OH is 4. The molecule has 0 aliphatic carbocycles. The average Bonchev–Trinajstić information content (AvgIpc) is 2.64. The molecule has 2 aliphatic heterocycles. The molecule has 0 radical (unpaired) electrons. The minimum absolute atomic E-state index is 0.302. The van der Waals surface area contributed by atoms with Gasteiger partial charge in [-0.25, -0.2) is 0 Å². The van der Waals surface area contributed by atoms with E-state index in [-0.39, 0.29) is 6.61 Å². The van der Waals surface area contributed by atoms with E-state index >= 15 is 0 Å². The zero-order valence-electron chi connectivity index (χ0n) is 13.7. The van der Waals surface area contributed by atoms with Crippen molar-refractivity contribution in [1.82, 2.24) is 0 Å². The first kappa shape index (κ1) is 18.4. The quantitative estimate of drug-likeness (QED) is 0.614. The Bertz CT molecular complexity index is 636. The van der Waals surface area contributed by atoms with E-state index in [1.54, 1.807) is 6.20 Å². The van der Waals surface area contributed by atoms with Crippen LogP contribution in [0.25, 0.3) is 0 Å². The molecule has 0 spiro atoms. The molecule has 0 bridgehead atoms. The largest absolute Gasteiger partial charge is 0.477 e. The maximum absolute atomic E-state index is 10.2. The molecular weight excluding hydrogens is 342 g/mol. The molecule has 6 atom stereocenters. The summed E-state index contributed by atoms with van der Waals surface area (Å²) in [5, 5.41) is 38.9. The average molecular weight is 365 g/mol. The third kappa shape index (κ3) is 4.24. The van der Waals surface area contributed by atoms with Crippen molar-refractivity contribution in [3.8, 4) is 5.75 Å². The number of thioether (sulfide) groups is 1. The van der Waals surface area contributed by atoms with Crippen molar-refractivity contribution in [1.29, 1.82) is 0 Å². The molecule has 0 saturated carbocycles. The molecule has 3 rings (SSSR count). The molecule has 0 amide bonds. The highest BCUT2D eigenvalue weighted by Crippen LogP contribution is 2.35. The van der Waals surface area contributed by atoms with E-state index < -0.39 is 29.0 Å². The van der Waals surface area contributed by atoms with E-state index in [2.05, 4.69) is 11.1 Å². The highest BCUT2D eigenvalue weighted by atomic mass is 32.2. The van der Waals surface area contributed by atoms with Crippen LogP contribution in [0.15, 0.2) is 41.5 Å². The number of benzene rings is 1. The number of aliphatic imine (C=N–C) groups is 1. The smallest absolute Gasteiger partial charge is 0.173 e. The Morgan fingerprint density at radius 2 is 1.92 bits per heavy atom. The van der Waals surface area contributed by atoms with Crippen LogP contribution < -0.4 is 4.74 Å². The van der Waals surface area contributed by atoms with Crippen LogP contribution in [-0.4, -0.2) is 62.2 Å². The fraction of sp³-hybridized carbons (Fsp3) is 0.500. The third-order valence-electron chi connectivity index (χ3n) is 4.50. The van der Waals surface area contributed by atoms with Crippen molar-refractivity contribution < 1.29 is 25.2 Å². The Morgan fingerprint density at radius 3 is 2.64 bits per heavy atom. The fourth-order valence-electron chi connectivity index (χ4n) is 3.02. The maximum Gasteiger partial charge on any atom is 0.173 e. The lowest BCUT2D eigenvalue weighted by Crippen LogP contribution is -2.55. The summed E-state index contributed by atoms with van der Waals surface area (Å²) in [6.07, 6.45) is 3.60. The monoisotopic (exact) mass is 365 g/mol. The molecule has 4 N–H and O–H groups in total. The minimum Gasteiger partial charge on any atom is -0.477 e. The van der Waals surface area contributed by atoms with Crippen molar-refractivity contribution in [2.45, 2.75) is 41.8 Å². The second kappa shape index (κ2) is 8.33. The summed E-state index contributed by atoms with van der Waals surface area (Å²) in [7, 11) is 0. The predicted molar refractivity (Wildman–Crippen MR) is 96.8 cm³/mol. The lowest BCUT2D eigenvalue weighted by atomic mass is 9.95. The number of allylic oxidation sites excluding steroid dienone is 1. The highest BCUT2D eigenvalue weighted by molar-refractivity contribution is 8.00. The van der Waals surface area contributed by atoms with Gasteiger partial charge in [0.25, 0.3) is 0 Å². The van der Waals surface area contributed by atoms with Gasteiger partial charge in [0.1, 0.15) is 18.0 Å². The number of para-hydroxylation sites is 1. The molecule has 2 heterocycles. The number of hydrogen-bond donors (Lipinski definition) is 4. The molecular formula is C18H23NO5S. The first-order valence-electron chi connectivity index (χ1n) is 8.33. The first-order valence-corrected chi connectivity index (χ1v) is 9.28. The van der Waals surface area contributed by atoms with E-state index in [0.717, 1.165) is 30.2 Å². The summed E-state index contributed by atoms with van der Waals surface area (Å²) in [5.74, 6) is 0.971. The normalized spacial score (nSPS) is 34.9. The number of hydrogen-bond acceptors (Lipinski definition) is 7. The van der Waals surface area contributed by atoms with Gasteiger partial charge in [0.15, 0.2) is 5.44 Å². The topological polar surface area (TPSA) is 103 Å². The van der Waals surface area contributed by atoms with Gasteiger partial charge in [0, 0.05) is 12.4 Å². The molecule has 1 fully saturated rings. The molecule has 25 heavy (non-hydrogen) atoms. The van der Waals surface area contributed by atoms with Crippen LogP contribution in [0.1, 0.15) is 12.0 Å². The van der Waals surface area contributed by atoms with Crippen LogP contribution in [0.3, 0.4) is 0 Å². The molecule has 1 saturated heterocycles. The van der Waals surface area contributed by atoms with Gasteiger partial charge < -0.3 is 25.2 Å². The Labute approximate surface area is 150 Å². The molecule has 2 aliphatic rings. The van der Waals surface area contributed by atoms with Crippen LogP contribution in [0, 0.1) is 5.92 Å². The van der Waals surface area contributed by atoms with Gasteiger partial charge in [-0.3, -0.25) is 4.99 Å². The highest BCUT2D eigenvalue weighted by Gasteiger charge is 2.44. The van der Waals surface area contributed by atoms with Gasteiger partial charge in [0.2, 0.25) is 0 Å². The zero-order valence-corrected chi connectivity index (χ0v) is 14.5. The number of aliphatic hydroxyl groups is 4. The minimum atomic E-state index is -1.35. The van der Waals surface area contributed by atoms with E-state index in [1.165, 1.54) is 0 Å². The summed E-state index contributed by atoms with van der Waals surface area (Å²) in [6.45, 7) is -0.302. The Hall–Kier alpha value is -1.38. The molecule has 1 aromatic rings. The van der Waals surface area contributed by atoms with Gasteiger partial charge in [-0.05, 0) is 30.4 Å². The van der Waals surface area contributed by atoms with Crippen molar-refractivity contribution in [3.63, 3.8) is 0 Å². The van der Waals surface area contributed by atoms with Crippen molar-refractivity contribution in [3.05, 3.63) is 42.1 Å². The van der Waals surface area contributed by atoms with E-state index in [1.807, 2.05) is 30.5 Å². The second-order valence-electron chi connectivity index (χ2n) is 6.30. The first-order chi connectivity index (χ1) is 12.1. The van der Waals surface area contributed by atoms with Gasteiger partial charge in [-0.15, -0.1) is 11.8 Å². The van der Waals surface area contributed by atoms with Gasteiger partial charge in [-0.1, -0.05) is 24.3 Å². The summed E-state index contributed by atoms with van der Waals surface area (Å²) >= 11 is 1.13. The molecule has 1 aromatic carbocycles. The van der Waals surface area contributed by atoms with Crippen LogP contribution >= 0.6 is 11.8 Å². The van der Waals surface area contributed by atoms with E-state index in [9.17, 15) is 20.4 Å². The van der Waals surface area contributed by atoms with Crippen molar-refractivity contribution in [2.75, 3.05) is 6.61 Å². The summed E-state index contributed by atoms with van der Waals surface area (Å²) in [6, 6.07) is 7.59. The van der Waals surface area contributed by atoms with E-state index in [4.69, 9.17) is 4.74 Å². The van der Waals surface area contributed by atoms with Crippen LogP contribution in [0.5, 0.6) is 5.75 Å². The van der Waals surface area contributed by atoms with Crippen LogP contribution in [-0.2, 0) is 6.42 Å². The van der Waals surface area contributed by atoms with Gasteiger partial charge in [0.05, 0.1) is 18.0 Å². The number of rotatable bonds is 5. The summed E-state index contributed by atoms with van der Waals surface area (Å²) in [5.41, 5.74) is 0.238. The summed E-state index contributed by atoms with van der Waals surface area (Å²) < 4.78 is 5.96. The fourth-order valence-corrected chi connectivity index (χ4v) is 4.25. The maximum atomic E-state index is 10.2. The third-order valence-corrected chi connectivity index (χ3v) is 5.92. The predicted octanol–water partition coefficient (Wildman–Crippen LogP) is 0.729.